The van der Waals surface area contributed by atoms with E-state index in [4.69, 9.17) is 0 Å². The van der Waals surface area contributed by atoms with Gasteiger partial charge in [-0.2, -0.15) is 0 Å². The molecule has 1 heterocycles. The minimum atomic E-state index is -0.330. The molecule has 2 heteroatoms. The summed E-state index contributed by atoms with van der Waals surface area (Å²) in [7, 11) is 0. The lowest BCUT2D eigenvalue weighted by atomic mass is 9.97. The van der Waals surface area contributed by atoms with Gasteiger partial charge >= 0.3 is 0 Å². The molecule has 0 amide bonds. The van der Waals surface area contributed by atoms with E-state index in [0.29, 0.717) is 0 Å². The molecule has 0 aliphatic heterocycles. The van der Waals surface area contributed by atoms with Gasteiger partial charge in [0.1, 0.15) is 0 Å². The van der Waals surface area contributed by atoms with Gasteiger partial charge in [0.2, 0.25) is 0 Å². The van der Waals surface area contributed by atoms with Crippen LogP contribution in [0.4, 0.5) is 0 Å². The fourth-order valence-corrected chi connectivity index (χ4v) is 3.77. The maximum absolute atomic E-state index is 10.5. The predicted molar refractivity (Wildman–Crippen MR) is 91.2 cm³/mol. The van der Waals surface area contributed by atoms with Crippen molar-refractivity contribution in [3.05, 3.63) is 70.1 Å². The van der Waals surface area contributed by atoms with Crippen LogP contribution in [0.25, 0.3) is 10.1 Å². The monoisotopic (exact) mass is 296 g/mol. The molecular weight excluding hydrogens is 276 g/mol. The van der Waals surface area contributed by atoms with E-state index < -0.39 is 0 Å². The molecule has 1 N–H and O–H groups in total. The zero-order valence-corrected chi connectivity index (χ0v) is 13.3. The molecule has 0 aliphatic rings. The van der Waals surface area contributed by atoms with Crippen LogP contribution in [0, 0.1) is 13.8 Å². The highest BCUT2D eigenvalue weighted by molar-refractivity contribution is 7.17. The number of hydrogen-bond donors (Lipinski definition) is 1. The van der Waals surface area contributed by atoms with E-state index >= 15 is 0 Å². The van der Waals surface area contributed by atoms with Crippen LogP contribution >= 0.6 is 11.3 Å². The van der Waals surface area contributed by atoms with E-state index in [1.807, 2.05) is 0 Å². The second-order valence-corrected chi connectivity index (χ2v) is 6.66. The summed E-state index contributed by atoms with van der Waals surface area (Å²) in [4.78, 5) is 0. The summed E-state index contributed by atoms with van der Waals surface area (Å²) in [5.74, 6) is 0. The quantitative estimate of drug-likeness (QED) is 0.742. The van der Waals surface area contributed by atoms with Crippen LogP contribution in [0.1, 0.15) is 22.3 Å². The van der Waals surface area contributed by atoms with Crippen LogP contribution in [-0.4, -0.2) is 11.2 Å². The number of aryl methyl sites for hydroxylation is 2. The maximum atomic E-state index is 10.5. The van der Waals surface area contributed by atoms with Gasteiger partial charge in [0.15, 0.2) is 0 Å². The van der Waals surface area contributed by atoms with Gasteiger partial charge in [0, 0.05) is 11.1 Å². The molecule has 0 radical (unpaired) electrons. The molecule has 1 atom stereocenters. The van der Waals surface area contributed by atoms with Gasteiger partial charge in [-0.25, -0.2) is 0 Å². The molecular formula is C19H20OS. The Morgan fingerprint density at radius 3 is 2.62 bits per heavy atom. The molecule has 21 heavy (non-hydrogen) atoms. The molecule has 0 bridgehead atoms. The van der Waals surface area contributed by atoms with E-state index in [1.165, 1.54) is 32.3 Å². The Labute approximate surface area is 129 Å². The first-order valence-electron chi connectivity index (χ1n) is 7.33. The molecule has 108 valence electrons. The first-order valence-corrected chi connectivity index (χ1v) is 8.21. The molecule has 2 aromatic carbocycles. The van der Waals surface area contributed by atoms with Crippen molar-refractivity contribution < 1.29 is 5.11 Å². The largest absolute Gasteiger partial charge is 0.392 e. The lowest BCUT2D eigenvalue weighted by Gasteiger charge is -2.13. The van der Waals surface area contributed by atoms with Crippen LogP contribution in [-0.2, 0) is 12.8 Å². The van der Waals surface area contributed by atoms with E-state index in [1.54, 1.807) is 11.3 Å². The van der Waals surface area contributed by atoms with Crippen molar-refractivity contribution in [3.63, 3.8) is 0 Å². The number of rotatable bonds is 4. The Morgan fingerprint density at radius 1 is 1.00 bits per heavy atom. The Kier molecular flexibility index (Phi) is 4.09. The van der Waals surface area contributed by atoms with E-state index in [9.17, 15) is 5.11 Å². The standard InChI is InChI=1S/C19H20OS/c1-13-7-8-14(2)15(9-13)10-17(20)11-16-12-21-19-6-4-3-5-18(16)19/h3-9,12,17,20H,10-11H2,1-2H3. The maximum Gasteiger partial charge on any atom is 0.0621 e. The Bertz CT molecular complexity index is 757. The third kappa shape index (κ3) is 3.17. The zero-order chi connectivity index (χ0) is 14.8. The lowest BCUT2D eigenvalue weighted by Crippen LogP contribution is -2.14. The summed E-state index contributed by atoms with van der Waals surface area (Å²) < 4.78 is 1.30. The molecule has 0 spiro atoms. The first-order chi connectivity index (χ1) is 10.1. The SMILES string of the molecule is Cc1ccc(C)c(CC(O)Cc2csc3ccccc23)c1. The van der Waals surface area contributed by atoms with Gasteiger partial charge in [-0.15, -0.1) is 11.3 Å². The van der Waals surface area contributed by atoms with Crippen LogP contribution < -0.4 is 0 Å². The number of fused-ring (bicyclic) bond motifs is 1. The van der Waals surface area contributed by atoms with Crippen molar-refractivity contribution in [2.45, 2.75) is 32.8 Å². The number of aliphatic hydroxyl groups excluding tert-OH is 1. The van der Waals surface area contributed by atoms with E-state index in [-0.39, 0.29) is 6.10 Å². The highest BCUT2D eigenvalue weighted by Gasteiger charge is 2.12. The molecule has 3 rings (SSSR count). The predicted octanol–water partition coefficient (Wildman–Crippen LogP) is 4.66. The number of thiophene rings is 1. The second kappa shape index (κ2) is 6.00. The van der Waals surface area contributed by atoms with Crippen LogP contribution in [0.5, 0.6) is 0 Å². The smallest absolute Gasteiger partial charge is 0.0621 e. The molecule has 0 fully saturated rings. The summed E-state index contributed by atoms with van der Waals surface area (Å²) in [6.07, 6.45) is 1.11. The molecule has 3 aromatic rings. The van der Waals surface area contributed by atoms with Crippen molar-refractivity contribution >= 4 is 21.4 Å². The minimum absolute atomic E-state index is 0.330. The zero-order valence-electron chi connectivity index (χ0n) is 12.5. The van der Waals surface area contributed by atoms with Gasteiger partial charge in [-0.3, -0.25) is 0 Å². The molecule has 1 nitrogen and oxygen atoms in total. The number of benzene rings is 2. The molecule has 0 saturated carbocycles. The van der Waals surface area contributed by atoms with Gasteiger partial charge in [-0.1, -0.05) is 42.0 Å². The average Bonchev–Trinajstić information content (AvgIpc) is 2.86. The summed E-state index contributed by atoms with van der Waals surface area (Å²) in [6.45, 7) is 4.21. The van der Waals surface area contributed by atoms with Crippen LogP contribution in [0.3, 0.4) is 0 Å². The Morgan fingerprint density at radius 2 is 1.76 bits per heavy atom. The Balaban J connectivity index is 1.77. The number of aliphatic hydroxyl groups is 1. The lowest BCUT2D eigenvalue weighted by molar-refractivity contribution is 0.175. The third-order valence-electron chi connectivity index (χ3n) is 3.98. The van der Waals surface area contributed by atoms with Crippen molar-refractivity contribution in [1.29, 1.82) is 0 Å². The normalized spacial score (nSPS) is 12.7. The second-order valence-electron chi connectivity index (χ2n) is 5.75. The molecule has 1 aromatic heterocycles. The molecule has 0 saturated heterocycles. The van der Waals surface area contributed by atoms with Crippen molar-refractivity contribution in [1.82, 2.24) is 0 Å². The average molecular weight is 296 g/mol. The molecule has 1 unspecified atom stereocenters. The van der Waals surface area contributed by atoms with Crippen molar-refractivity contribution in [2.75, 3.05) is 0 Å². The van der Waals surface area contributed by atoms with Gasteiger partial charge in [-0.05, 0) is 53.8 Å². The topological polar surface area (TPSA) is 20.2 Å². The summed E-state index contributed by atoms with van der Waals surface area (Å²) in [6, 6.07) is 14.9. The minimum Gasteiger partial charge on any atom is -0.392 e. The van der Waals surface area contributed by atoms with Crippen molar-refractivity contribution in [3.8, 4) is 0 Å². The summed E-state index contributed by atoms with van der Waals surface area (Å²) in [5, 5.41) is 13.9. The van der Waals surface area contributed by atoms with Gasteiger partial charge in [0.05, 0.1) is 6.10 Å². The van der Waals surface area contributed by atoms with Crippen molar-refractivity contribution in [2.24, 2.45) is 0 Å². The van der Waals surface area contributed by atoms with Gasteiger partial charge < -0.3 is 5.11 Å². The Hall–Kier alpha value is -1.64. The fraction of sp³-hybridized carbons (Fsp3) is 0.263. The third-order valence-corrected chi connectivity index (χ3v) is 4.99. The van der Waals surface area contributed by atoms with Crippen LogP contribution in [0.15, 0.2) is 47.8 Å². The highest BCUT2D eigenvalue weighted by Crippen LogP contribution is 2.27. The van der Waals surface area contributed by atoms with E-state index in [2.05, 4.69) is 61.7 Å². The fourth-order valence-electron chi connectivity index (χ4n) is 2.79. The van der Waals surface area contributed by atoms with Crippen LogP contribution in [0.2, 0.25) is 0 Å². The number of hydrogen-bond acceptors (Lipinski definition) is 2. The van der Waals surface area contributed by atoms with Gasteiger partial charge in [0.25, 0.3) is 0 Å². The first kappa shape index (κ1) is 14.3. The summed E-state index contributed by atoms with van der Waals surface area (Å²) in [5.41, 5.74) is 5.02. The highest BCUT2D eigenvalue weighted by atomic mass is 32.1. The summed E-state index contributed by atoms with van der Waals surface area (Å²) >= 11 is 1.76. The van der Waals surface area contributed by atoms with E-state index in [0.717, 1.165) is 12.8 Å². The molecule has 0 aliphatic carbocycles.